The lowest BCUT2D eigenvalue weighted by molar-refractivity contribution is 0.00881. The number of hydrogen-bond acceptors (Lipinski definition) is 4. The summed E-state index contributed by atoms with van der Waals surface area (Å²) in [6, 6.07) is 0.393. The first-order valence-electron chi connectivity index (χ1n) is 5.78. The van der Waals surface area contributed by atoms with Crippen LogP contribution < -0.4 is 5.32 Å². The van der Waals surface area contributed by atoms with E-state index in [2.05, 4.69) is 5.32 Å². The molecule has 0 spiro atoms. The molecule has 2 atom stereocenters. The van der Waals surface area contributed by atoms with Crippen molar-refractivity contribution in [3.8, 4) is 0 Å². The van der Waals surface area contributed by atoms with Crippen molar-refractivity contribution >= 4 is 6.09 Å². The number of nitrogens with zero attached hydrogens (tertiary/aromatic N) is 1. The van der Waals surface area contributed by atoms with Gasteiger partial charge in [-0.2, -0.15) is 0 Å². The molecular weight excluding hydrogens is 208 g/mol. The predicted molar refractivity (Wildman–Crippen MR) is 59.3 cm³/mol. The number of rotatable bonds is 0. The summed E-state index contributed by atoms with van der Waals surface area (Å²) in [4.78, 5) is 13.8. The van der Waals surface area contributed by atoms with Gasteiger partial charge in [0.15, 0.2) is 0 Å². The van der Waals surface area contributed by atoms with Crippen molar-refractivity contribution in [1.82, 2.24) is 10.2 Å². The number of ether oxygens (including phenoxy) is 2. The smallest absolute Gasteiger partial charge is 0.410 e. The van der Waals surface area contributed by atoms with E-state index in [1.807, 2.05) is 20.8 Å². The van der Waals surface area contributed by atoms with Crippen LogP contribution in [0.4, 0.5) is 4.79 Å². The van der Waals surface area contributed by atoms with E-state index < -0.39 is 5.60 Å². The summed E-state index contributed by atoms with van der Waals surface area (Å²) >= 11 is 0. The van der Waals surface area contributed by atoms with Crippen LogP contribution in [0.15, 0.2) is 0 Å². The van der Waals surface area contributed by atoms with Gasteiger partial charge in [-0.1, -0.05) is 0 Å². The zero-order chi connectivity index (χ0) is 11.8. The molecule has 0 radical (unpaired) electrons. The standard InChI is InChI=1S/C11H20N2O3/c1-11(2,3)16-10(14)13-5-4-12-8-6-15-7-9(8)13/h8-9,12H,4-7H2,1-3H3. The molecule has 0 aromatic heterocycles. The molecular formula is C11H20N2O3. The second-order valence-electron chi connectivity index (χ2n) is 5.34. The lowest BCUT2D eigenvalue weighted by Gasteiger charge is -2.37. The zero-order valence-corrected chi connectivity index (χ0v) is 10.2. The SMILES string of the molecule is CC(C)(C)OC(=O)N1CCNC2COCC21. The van der Waals surface area contributed by atoms with E-state index in [-0.39, 0.29) is 18.2 Å². The van der Waals surface area contributed by atoms with E-state index in [9.17, 15) is 4.79 Å². The number of amides is 1. The Kier molecular flexibility index (Phi) is 3.08. The molecule has 1 N–H and O–H groups in total. The van der Waals surface area contributed by atoms with Crippen molar-refractivity contribution < 1.29 is 14.3 Å². The van der Waals surface area contributed by atoms with Crippen LogP contribution in [-0.2, 0) is 9.47 Å². The molecule has 2 aliphatic rings. The fraction of sp³-hybridized carbons (Fsp3) is 0.909. The molecule has 16 heavy (non-hydrogen) atoms. The number of piperazine rings is 1. The molecule has 2 aliphatic heterocycles. The van der Waals surface area contributed by atoms with E-state index in [0.717, 1.165) is 6.54 Å². The highest BCUT2D eigenvalue weighted by Crippen LogP contribution is 2.19. The summed E-state index contributed by atoms with van der Waals surface area (Å²) in [7, 11) is 0. The van der Waals surface area contributed by atoms with E-state index in [1.165, 1.54) is 0 Å². The fourth-order valence-corrected chi connectivity index (χ4v) is 2.13. The minimum atomic E-state index is -0.434. The van der Waals surface area contributed by atoms with Crippen LogP contribution >= 0.6 is 0 Å². The molecule has 0 aliphatic carbocycles. The van der Waals surface area contributed by atoms with Crippen LogP contribution in [0.5, 0.6) is 0 Å². The van der Waals surface area contributed by atoms with Gasteiger partial charge in [0, 0.05) is 13.1 Å². The zero-order valence-electron chi connectivity index (χ0n) is 10.2. The summed E-state index contributed by atoms with van der Waals surface area (Å²) in [5.41, 5.74) is -0.434. The monoisotopic (exact) mass is 228 g/mol. The number of hydrogen-bond donors (Lipinski definition) is 1. The van der Waals surface area contributed by atoms with E-state index in [1.54, 1.807) is 4.90 Å². The van der Waals surface area contributed by atoms with Gasteiger partial charge in [0.1, 0.15) is 5.60 Å². The summed E-state index contributed by atoms with van der Waals surface area (Å²) < 4.78 is 10.8. The minimum Gasteiger partial charge on any atom is -0.444 e. The maximum Gasteiger partial charge on any atom is 0.410 e. The average molecular weight is 228 g/mol. The Morgan fingerprint density at radius 3 is 2.88 bits per heavy atom. The Bertz CT molecular complexity index is 275. The molecule has 5 nitrogen and oxygen atoms in total. The first-order chi connectivity index (χ1) is 7.47. The Hall–Kier alpha value is -0.810. The predicted octanol–water partition coefficient (Wildman–Crippen LogP) is 0.594. The van der Waals surface area contributed by atoms with Crippen LogP contribution in [0, 0.1) is 0 Å². The molecule has 2 heterocycles. The third-order valence-corrected chi connectivity index (χ3v) is 2.84. The minimum absolute atomic E-state index is 0.128. The molecule has 0 saturated carbocycles. The van der Waals surface area contributed by atoms with Gasteiger partial charge in [-0.25, -0.2) is 4.79 Å². The summed E-state index contributed by atoms with van der Waals surface area (Å²) in [5, 5.41) is 3.35. The first-order valence-corrected chi connectivity index (χ1v) is 5.78. The van der Waals surface area contributed by atoms with Gasteiger partial charge in [-0.3, -0.25) is 4.90 Å². The Morgan fingerprint density at radius 1 is 1.44 bits per heavy atom. The van der Waals surface area contributed by atoms with E-state index in [4.69, 9.17) is 9.47 Å². The maximum absolute atomic E-state index is 12.0. The lowest BCUT2D eigenvalue weighted by Crippen LogP contribution is -2.59. The Labute approximate surface area is 96.1 Å². The average Bonchev–Trinajstić information content (AvgIpc) is 2.61. The molecule has 0 aromatic carbocycles. The van der Waals surface area contributed by atoms with Crippen molar-refractivity contribution in [1.29, 1.82) is 0 Å². The maximum atomic E-state index is 12.0. The van der Waals surface area contributed by atoms with Crippen LogP contribution in [-0.4, -0.2) is 55.0 Å². The van der Waals surface area contributed by atoms with Gasteiger partial charge in [-0.05, 0) is 20.8 Å². The normalized spacial score (nSPS) is 30.1. The summed E-state index contributed by atoms with van der Waals surface area (Å²) in [6.07, 6.45) is -0.227. The Balaban J connectivity index is 2.00. The molecule has 1 amide bonds. The van der Waals surface area contributed by atoms with Gasteiger partial charge in [0.25, 0.3) is 0 Å². The molecule has 5 heteroatoms. The van der Waals surface area contributed by atoms with Gasteiger partial charge in [0.05, 0.1) is 25.3 Å². The van der Waals surface area contributed by atoms with E-state index >= 15 is 0 Å². The highest BCUT2D eigenvalue weighted by atomic mass is 16.6. The quantitative estimate of drug-likeness (QED) is 0.659. The van der Waals surface area contributed by atoms with Crippen molar-refractivity contribution in [3.63, 3.8) is 0 Å². The molecule has 0 bridgehead atoms. The molecule has 2 unspecified atom stereocenters. The van der Waals surface area contributed by atoms with Crippen LogP contribution in [0.25, 0.3) is 0 Å². The number of carbonyl (C=O) groups is 1. The second kappa shape index (κ2) is 4.22. The molecule has 2 fully saturated rings. The third kappa shape index (κ3) is 2.47. The first kappa shape index (κ1) is 11.7. The Morgan fingerprint density at radius 2 is 2.19 bits per heavy atom. The second-order valence-corrected chi connectivity index (χ2v) is 5.34. The molecule has 2 rings (SSSR count). The van der Waals surface area contributed by atoms with Crippen molar-refractivity contribution in [2.75, 3.05) is 26.3 Å². The van der Waals surface area contributed by atoms with Crippen LogP contribution in [0.2, 0.25) is 0 Å². The number of carbonyl (C=O) groups excluding carboxylic acids is 1. The van der Waals surface area contributed by atoms with Crippen molar-refractivity contribution in [3.05, 3.63) is 0 Å². The van der Waals surface area contributed by atoms with Crippen LogP contribution in [0.1, 0.15) is 20.8 Å². The van der Waals surface area contributed by atoms with Gasteiger partial charge >= 0.3 is 6.09 Å². The van der Waals surface area contributed by atoms with Gasteiger partial charge in [-0.15, -0.1) is 0 Å². The molecule has 92 valence electrons. The van der Waals surface area contributed by atoms with E-state index in [0.29, 0.717) is 19.8 Å². The van der Waals surface area contributed by atoms with Crippen molar-refractivity contribution in [2.45, 2.75) is 38.5 Å². The van der Waals surface area contributed by atoms with Crippen LogP contribution in [0.3, 0.4) is 0 Å². The molecule has 0 aromatic rings. The summed E-state index contributed by atoms with van der Waals surface area (Å²) in [6.45, 7) is 8.45. The number of fused-ring (bicyclic) bond motifs is 1. The topological polar surface area (TPSA) is 50.8 Å². The summed E-state index contributed by atoms with van der Waals surface area (Å²) in [5.74, 6) is 0. The van der Waals surface area contributed by atoms with Crippen molar-refractivity contribution in [2.24, 2.45) is 0 Å². The van der Waals surface area contributed by atoms with Gasteiger partial charge < -0.3 is 14.8 Å². The largest absolute Gasteiger partial charge is 0.444 e. The van der Waals surface area contributed by atoms with Gasteiger partial charge in [0.2, 0.25) is 0 Å². The molecule has 2 saturated heterocycles. The third-order valence-electron chi connectivity index (χ3n) is 2.84. The highest BCUT2D eigenvalue weighted by molar-refractivity contribution is 5.69. The fourth-order valence-electron chi connectivity index (χ4n) is 2.13. The highest BCUT2D eigenvalue weighted by Gasteiger charge is 2.39. The number of nitrogens with one attached hydrogen (secondary N) is 1. The lowest BCUT2D eigenvalue weighted by atomic mass is 10.1.